The Morgan fingerprint density at radius 3 is 2.36 bits per heavy atom. The Morgan fingerprint density at radius 1 is 0.970 bits per heavy atom. The van der Waals surface area contributed by atoms with E-state index < -0.39 is 6.10 Å². The molecule has 1 atom stereocenters. The molecule has 2 aromatic heterocycles. The summed E-state index contributed by atoms with van der Waals surface area (Å²) in [5.74, 6) is 1.31. The second-order valence-electron chi connectivity index (χ2n) is 7.78. The van der Waals surface area contributed by atoms with Gasteiger partial charge in [-0.25, -0.2) is 4.98 Å². The second-order valence-corrected chi connectivity index (χ2v) is 7.78. The highest BCUT2D eigenvalue weighted by atomic mass is 16.5. The van der Waals surface area contributed by atoms with Gasteiger partial charge in [-0.1, -0.05) is 0 Å². The molecule has 4 rings (SSSR count). The van der Waals surface area contributed by atoms with Crippen LogP contribution in [0.15, 0.2) is 61.1 Å². The molecule has 0 amide bonds. The Bertz CT molecular complexity index is 1220. The van der Waals surface area contributed by atoms with Crippen LogP contribution in [0, 0.1) is 0 Å². The van der Waals surface area contributed by atoms with Crippen LogP contribution < -0.4 is 14.4 Å². The van der Waals surface area contributed by atoms with Crippen molar-refractivity contribution in [2.45, 2.75) is 6.10 Å². The quantitative estimate of drug-likeness (QED) is 0.417. The molecule has 0 saturated carbocycles. The van der Waals surface area contributed by atoms with Crippen LogP contribution >= 0.6 is 0 Å². The molecule has 0 bridgehead atoms. The third kappa shape index (κ3) is 5.08. The number of hydrogen-bond donors (Lipinski definition) is 1. The number of aryl methyl sites for hydroxylation is 1. The number of aliphatic hydroxyl groups excluding tert-OH is 1. The highest BCUT2D eigenvalue weighted by molar-refractivity contribution is 5.82. The van der Waals surface area contributed by atoms with E-state index in [9.17, 15) is 5.11 Å². The number of aliphatic hydroxyl groups is 1. The Labute approximate surface area is 193 Å². The zero-order valence-corrected chi connectivity index (χ0v) is 19.2. The minimum atomic E-state index is -0.704. The second kappa shape index (κ2) is 9.89. The van der Waals surface area contributed by atoms with Gasteiger partial charge in [-0.3, -0.25) is 4.98 Å². The van der Waals surface area contributed by atoms with Gasteiger partial charge in [0.1, 0.15) is 11.5 Å². The molecule has 33 heavy (non-hydrogen) atoms. The van der Waals surface area contributed by atoms with Crippen LogP contribution in [0.2, 0.25) is 0 Å². The summed E-state index contributed by atoms with van der Waals surface area (Å²) in [7, 11) is 6.76. The van der Waals surface area contributed by atoms with Gasteiger partial charge in [0.25, 0.3) is 0 Å². The van der Waals surface area contributed by atoms with Gasteiger partial charge in [-0.05, 0) is 24.3 Å². The Balaban J connectivity index is 1.79. The molecule has 0 aliphatic heterocycles. The van der Waals surface area contributed by atoms with Crippen LogP contribution in [0.4, 0.5) is 11.4 Å². The van der Waals surface area contributed by atoms with E-state index in [-0.39, 0.29) is 6.61 Å². The zero-order chi connectivity index (χ0) is 23.4. The summed E-state index contributed by atoms with van der Waals surface area (Å²) in [6, 6.07) is 13.5. The molecule has 0 aliphatic rings. The maximum Gasteiger partial charge on any atom is 0.124 e. The number of fused-ring (bicyclic) bond motifs is 1. The molecule has 2 aromatic carbocycles. The van der Waals surface area contributed by atoms with Gasteiger partial charge in [-0.15, -0.1) is 0 Å². The first kappa shape index (κ1) is 22.6. The zero-order valence-electron chi connectivity index (χ0n) is 19.2. The fraction of sp³-hybridized carbons (Fsp3) is 0.280. The minimum Gasteiger partial charge on any atom is -0.497 e. The average Bonchev–Trinajstić information content (AvgIpc) is 3.27. The maximum absolute atomic E-state index is 10.5. The lowest BCUT2D eigenvalue weighted by Crippen LogP contribution is -2.31. The van der Waals surface area contributed by atoms with Crippen molar-refractivity contribution in [1.82, 2.24) is 14.5 Å². The van der Waals surface area contributed by atoms with E-state index in [0.29, 0.717) is 18.0 Å². The molecule has 8 heteroatoms. The molecule has 0 unspecified atom stereocenters. The van der Waals surface area contributed by atoms with E-state index in [0.717, 1.165) is 33.7 Å². The predicted octanol–water partition coefficient (Wildman–Crippen LogP) is 3.80. The Hall–Kier alpha value is -3.62. The molecule has 4 aromatic rings. The largest absolute Gasteiger partial charge is 0.497 e. The van der Waals surface area contributed by atoms with Crippen LogP contribution in [-0.2, 0) is 11.8 Å². The number of rotatable bonds is 9. The van der Waals surface area contributed by atoms with Crippen molar-refractivity contribution in [3.05, 3.63) is 61.1 Å². The van der Waals surface area contributed by atoms with Crippen LogP contribution in [-0.4, -0.2) is 60.2 Å². The van der Waals surface area contributed by atoms with Crippen molar-refractivity contribution in [1.29, 1.82) is 0 Å². The van der Waals surface area contributed by atoms with E-state index in [1.165, 1.54) is 0 Å². The molecule has 8 nitrogen and oxygen atoms in total. The summed E-state index contributed by atoms with van der Waals surface area (Å²) >= 11 is 0. The van der Waals surface area contributed by atoms with Crippen molar-refractivity contribution in [3.8, 4) is 22.8 Å². The van der Waals surface area contributed by atoms with Crippen LogP contribution in [0.1, 0.15) is 0 Å². The average molecular weight is 449 g/mol. The number of anilines is 2. The van der Waals surface area contributed by atoms with Gasteiger partial charge in [0, 0.05) is 61.7 Å². The monoisotopic (exact) mass is 448 g/mol. The summed E-state index contributed by atoms with van der Waals surface area (Å²) in [4.78, 5) is 11.4. The van der Waals surface area contributed by atoms with Gasteiger partial charge < -0.3 is 28.8 Å². The fourth-order valence-electron chi connectivity index (χ4n) is 3.73. The van der Waals surface area contributed by atoms with Gasteiger partial charge in [0.2, 0.25) is 0 Å². The highest BCUT2D eigenvalue weighted by Gasteiger charge is 2.18. The fourth-order valence-corrected chi connectivity index (χ4v) is 3.73. The number of nitrogens with zero attached hydrogens (tertiary/aromatic N) is 4. The maximum atomic E-state index is 10.5. The molecule has 172 valence electrons. The summed E-state index contributed by atoms with van der Waals surface area (Å²) in [6.07, 6.45) is 5.07. The summed E-state index contributed by atoms with van der Waals surface area (Å²) in [5.41, 5.74) is 5.02. The summed E-state index contributed by atoms with van der Waals surface area (Å²) in [5, 5.41) is 10.5. The molecule has 1 N–H and O–H groups in total. The first-order valence-electron chi connectivity index (χ1n) is 10.6. The molecule has 0 spiro atoms. The van der Waals surface area contributed by atoms with Crippen LogP contribution in [0.3, 0.4) is 0 Å². The summed E-state index contributed by atoms with van der Waals surface area (Å²) < 4.78 is 18.0. The number of hydrogen-bond acceptors (Lipinski definition) is 7. The molecule has 0 radical (unpaired) electrons. The van der Waals surface area contributed by atoms with Crippen LogP contribution in [0.25, 0.3) is 22.3 Å². The van der Waals surface area contributed by atoms with Crippen molar-refractivity contribution in [2.75, 3.05) is 39.4 Å². The van der Waals surface area contributed by atoms with Crippen molar-refractivity contribution in [2.24, 2.45) is 7.05 Å². The highest BCUT2D eigenvalue weighted by Crippen LogP contribution is 2.34. The van der Waals surface area contributed by atoms with Gasteiger partial charge in [0.15, 0.2) is 0 Å². The third-order valence-corrected chi connectivity index (χ3v) is 5.37. The van der Waals surface area contributed by atoms with Gasteiger partial charge in [0.05, 0.1) is 56.4 Å². The first-order valence-corrected chi connectivity index (χ1v) is 10.6. The lowest BCUT2D eigenvalue weighted by Gasteiger charge is -2.28. The standard InChI is InChI=1S/C25H28N4O4/c1-28-8-7-17(14-28)25-13-26-23-6-5-18(11-24(23)27-25)29(15-20(30)16-31-2)19-9-21(32-3)12-22(10-19)33-4/h5-14,20,30H,15-16H2,1-4H3/t20-/m1/s1. The van der Waals surface area contributed by atoms with E-state index in [1.807, 2.05) is 71.4 Å². The van der Waals surface area contributed by atoms with Crippen molar-refractivity contribution >= 4 is 22.4 Å². The SMILES string of the molecule is COC[C@H](O)CN(c1cc(OC)cc(OC)c1)c1ccc2ncc(-c3ccn(C)c3)nc2c1. The van der Waals surface area contributed by atoms with Gasteiger partial charge in [-0.2, -0.15) is 0 Å². The minimum absolute atomic E-state index is 0.211. The van der Waals surface area contributed by atoms with E-state index in [2.05, 4.69) is 4.98 Å². The molecule has 2 heterocycles. The Kier molecular flexibility index (Phi) is 6.76. The smallest absolute Gasteiger partial charge is 0.124 e. The topological polar surface area (TPSA) is 81.9 Å². The van der Waals surface area contributed by atoms with Crippen LogP contribution in [0.5, 0.6) is 11.5 Å². The Morgan fingerprint density at radius 2 is 1.73 bits per heavy atom. The molecule has 0 saturated heterocycles. The first-order chi connectivity index (χ1) is 16.0. The molecule has 0 fully saturated rings. The number of ether oxygens (including phenoxy) is 3. The number of benzene rings is 2. The predicted molar refractivity (Wildman–Crippen MR) is 128 cm³/mol. The van der Waals surface area contributed by atoms with E-state index >= 15 is 0 Å². The van der Waals surface area contributed by atoms with Crippen molar-refractivity contribution in [3.63, 3.8) is 0 Å². The molecule has 0 aliphatic carbocycles. The lowest BCUT2D eigenvalue weighted by molar-refractivity contribution is 0.0702. The third-order valence-electron chi connectivity index (χ3n) is 5.37. The lowest BCUT2D eigenvalue weighted by atomic mass is 10.1. The number of methoxy groups -OCH3 is 3. The molecular formula is C25H28N4O4. The molecular weight excluding hydrogens is 420 g/mol. The van der Waals surface area contributed by atoms with Gasteiger partial charge >= 0.3 is 0 Å². The van der Waals surface area contributed by atoms with E-state index in [1.54, 1.807) is 27.5 Å². The summed E-state index contributed by atoms with van der Waals surface area (Å²) in [6.45, 7) is 0.518. The normalized spacial score (nSPS) is 12.0. The van der Waals surface area contributed by atoms with E-state index in [4.69, 9.17) is 19.2 Å². The van der Waals surface area contributed by atoms with Crippen molar-refractivity contribution < 1.29 is 19.3 Å². The number of aromatic nitrogens is 3.